The summed E-state index contributed by atoms with van der Waals surface area (Å²) in [7, 11) is 0. The molecule has 1 fully saturated rings. The number of carbonyl (C=O) groups excluding carboxylic acids is 1. The average molecular weight is 289 g/mol. The molecule has 0 N–H and O–H groups in total. The lowest BCUT2D eigenvalue weighted by atomic mass is 9.92. The predicted molar refractivity (Wildman–Crippen MR) is 85.6 cm³/mol. The molecule has 116 valence electrons. The van der Waals surface area contributed by atoms with Crippen molar-refractivity contribution in [2.75, 3.05) is 19.7 Å². The molecule has 1 aromatic rings. The summed E-state index contributed by atoms with van der Waals surface area (Å²) < 4.78 is 5.64. The van der Waals surface area contributed by atoms with Gasteiger partial charge in [-0.25, -0.2) is 0 Å². The van der Waals surface area contributed by atoms with Crippen LogP contribution in [0.1, 0.15) is 45.6 Å². The Morgan fingerprint density at radius 3 is 2.29 bits per heavy atom. The molecule has 0 bridgehead atoms. The van der Waals surface area contributed by atoms with Crippen LogP contribution in [0.15, 0.2) is 24.3 Å². The van der Waals surface area contributed by atoms with Gasteiger partial charge < -0.3 is 9.64 Å². The first-order valence-corrected chi connectivity index (χ1v) is 7.96. The van der Waals surface area contributed by atoms with Crippen LogP contribution in [0.3, 0.4) is 0 Å². The molecule has 2 rings (SSSR count). The molecule has 1 aliphatic heterocycles. The quantitative estimate of drug-likeness (QED) is 0.846. The monoisotopic (exact) mass is 289 g/mol. The van der Waals surface area contributed by atoms with E-state index in [0.29, 0.717) is 17.8 Å². The van der Waals surface area contributed by atoms with Crippen molar-refractivity contribution in [3.63, 3.8) is 0 Å². The number of nitrogens with zero attached hydrogens (tertiary/aromatic N) is 1. The standard InChI is InChI=1S/C18H27NO2/c1-13(2)16-5-7-17(8-6-16)21-12-18(20)19-10-14(3)9-15(4)11-19/h5-8,13-15H,9-12H2,1-4H3. The second-order valence-corrected chi connectivity index (χ2v) is 6.76. The summed E-state index contributed by atoms with van der Waals surface area (Å²) in [6, 6.07) is 8.03. The maximum absolute atomic E-state index is 12.2. The topological polar surface area (TPSA) is 29.5 Å². The fourth-order valence-corrected chi connectivity index (χ4v) is 3.05. The molecular formula is C18H27NO2. The summed E-state index contributed by atoms with van der Waals surface area (Å²) in [5, 5.41) is 0. The molecule has 2 atom stereocenters. The number of likely N-dealkylation sites (tertiary alicyclic amines) is 1. The Morgan fingerprint density at radius 1 is 1.19 bits per heavy atom. The third-order valence-electron chi connectivity index (χ3n) is 4.13. The van der Waals surface area contributed by atoms with E-state index in [1.807, 2.05) is 17.0 Å². The lowest BCUT2D eigenvalue weighted by Gasteiger charge is -2.34. The first kappa shape index (κ1) is 15.9. The van der Waals surface area contributed by atoms with Crippen LogP contribution in [0.2, 0.25) is 0 Å². The molecule has 0 aromatic heterocycles. The van der Waals surface area contributed by atoms with Crippen LogP contribution in [0.5, 0.6) is 5.75 Å². The SMILES string of the molecule is CC1CC(C)CN(C(=O)COc2ccc(C(C)C)cc2)C1. The molecule has 0 spiro atoms. The van der Waals surface area contributed by atoms with Crippen LogP contribution in [0.25, 0.3) is 0 Å². The molecule has 3 heteroatoms. The van der Waals surface area contributed by atoms with Crippen LogP contribution in [-0.4, -0.2) is 30.5 Å². The van der Waals surface area contributed by atoms with E-state index in [0.717, 1.165) is 18.8 Å². The molecule has 0 radical (unpaired) electrons. The third kappa shape index (κ3) is 4.48. The number of rotatable bonds is 4. The van der Waals surface area contributed by atoms with Crippen LogP contribution in [0.4, 0.5) is 0 Å². The number of benzene rings is 1. The first-order chi connectivity index (χ1) is 9.95. The van der Waals surface area contributed by atoms with Crippen molar-refractivity contribution >= 4 is 5.91 Å². The summed E-state index contributed by atoms with van der Waals surface area (Å²) in [6.07, 6.45) is 1.21. The molecule has 21 heavy (non-hydrogen) atoms. The average Bonchev–Trinajstić information content (AvgIpc) is 2.44. The van der Waals surface area contributed by atoms with Crippen LogP contribution in [-0.2, 0) is 4.79 Å². The van der Waals surface area contributed by atoms with Gasteiger partial charge in [0.1, 0.15) is 5.75 Å². The first-order valence-electron chi connectivity index (χ1n) is 7.96. The van der Waals surface area contributed by atoms with Crippen molar-refractivity contribution in [3.8, 4) is 5.75 Å². The molecule has 1 saturated heterocycles. The normalized spacial score (nSPS) is 22.4. The second kappa shape index (κ2) is 6.97. The number of amides is 1. The number of hydrogen-bond acceptors (Lipinski definition) is 2. The summed E-state index contributed by atoms with van der Waals surface area (Å²) in [6.45, 7) is 10.6. The summed E-state index contributed by atoms with van der Waals surface area (Å²) >= 11 is 0. The zero-order chi connectivity index (χ0) is 15.4. The molecule has 0 saturated carbocycles. The highest BCUT2D eigenvalue weighted by Gasteiger charge is 2.25. The van der Waals surface area contributed by atoms with Crippen molar-refractivity contribution in [2.24, 2.45) is 11.8 Å². The van der Waals surface area contributed by atoms with E-state index >= 15 is 0 Å². The van der Waals surface area contributed by atoms with E-state index in [1.54, 1.807) is 0 Å². The molecule has 2 unspecified atom stereocenters. The van der Waals surface area contributed by atoms with Crippen LogP contribution >= 0.6 is 0 Å². The molecular weight excluding hydrogens is 262 g/mol. The Balaban J connectivity index is 1.86. The third-order valence-corrected chi connectivity index (χ3v) is 4.13. The Kier molecular flexibility index (Phi) is 5.27. The summed E-state index contributed by atoms with van der Waals surface area (Å²) in [5.74, 6) is 2.55. The Morgan fingerprint density at radius 2 is 1.76 bits per heavy atom. The highest BCUT2D eigenvalue weighted by molar-refractivity contribution is 5.77. The predicted octanol–water partition coefficient (Wildman–Crippen LogP) is 3.69. The van der Waals surface area contributed by atoms with Crippen molar-refractivity contribution in [2.45, 2.75) is 40.0 Å². The number of carbonyl (C=O) groups is 1. The zero-order valence-electron chi connectivity index (χ0n) is 13.6. The fraction of sp³-hybridized carbons (Fsp3) is 0.611. The molecule has 1 heterocycles. The Bertz CT molecular complexity index is 457. The second-order valence-electron chi connectivity index (χ2n) is 6.76. The lowest BCUT2D eigenvalue weighted by Crippen LogP contribution is -2.44. The van der Waals surface area contributed by atoms with E-state index in [2.05, 4.69) is 39.8 Å². The summed E-state index contributed by atoms with van der Waals surface area (Å²) in [5.41, 5.74) is 1.28. The Hall–Kier alpha value is -1.51. The van der Waals surface area contributed by atoms with E-state index < -0.39 is 0 Å². The number of ether oxygens (including phenoxy) is 1. The molecule has 1 aliphatic rings. The lowest BCUT2D eigenvalue weighted by molar-refractivity contribution is -0.136. The largest absolute Gasteiger partial charge is 0.484 e. The van der Waals surface area contributed by atoms with Gasteiger partial charge in [-0.3, -0.25) is 4.79 Å². The van der Waals surface area contributed by atoms with E-state index in [1.165, 1.54) is 12.0 Å². The van der Waals surface area contributed by atoms with Gasteiger partial charge >= 0.3 is 0 Å². The molecule has 1 amide bonds. The van der Waals surface area contributed by atoms with Crippen molar-refractivity contribution in [1.82, 2.24) is 4.90 Å². The molecule has 1 aromatic carbocycles. The van der Waals surface area contributed by atoms with Gasteiger partial charge in [-0.15, -0.1) is 0 Å². The maximum Gasteiger partial charge on any atom is 0.260 e. The van der Waals surface area contributed by atoms with Gasteiger partial charge in [0.25, 0.3) is 5.91 Å². The minimum absolute atomic E-state index is 0.0985. The number of hydrogen-bond donors (Lipinski definition) is 0. The van der Waals surface area contributed by atoms with Gasteiger partial charge in [0.05, 0.1) is 0 Å². The fourth-order valence-electron chi connectivity index (χ4n) is 3.05. The Labute approximate surface area is 128 Å². The van der Waals surface area contributed by atoms with E-state index in [-0.39, 0.29) is 12.5 Å². The van der Waals surface area contributed by atoms with Gasteiger partial charge in [0.15, 0.2) is 6.61 Å². The highest BCUT2D eigenvalue weighted by Crippen LogP contribution is 2.22. The van der Waals surface area contributed by atoms with Crippen molar-refractivity contribution in [1.29, 1.82) is 0 Å². The number of piperidine rings is 1. The van der Waals surface area contributed by atoms with Crippen molar-refractivity contribution < 1.29 is 9.53 Å². The minimum atomic E-state index is 0.0985. The summed E-state index contributed by atoms with van der Waals surface area (Å²) in [4.78, 5) is 14.2. The highest BCUT2D eigenvalue weighted by atomic mass is 16.5. The van der Waals surface area contributed by atoms with Gasteiger partial charge in [0, 0.05) is 13.1 Å². The maximum atomic E-state index is 12.2. The smallest absolute Gasteiger partial charge is 0.260 e. The minimum Gasteiger partial charge on any atom is -0.484 e. The van der Waals surface area contributed by atoms with E-state index in [4.69, 9.17) is 4.74 Å². The van der Waals surface area contributed by atoms with Crippen molar-refractivity contribution in [3.05, 3.63) is 29.8 Å². The van der Waals surface area contributed by atoms with Gasteiger partial charge in [0.2, 0.25) is 0 Å². The van der Waals surface area contributed by atoms with Gasteiger partial charge in [-0.1, -0.05) is 39.8 Å². The van der Waals surface area contributed by atoms with Crippen LogP contribution < -0.4 is 4.74 Å². The van der Waals surface area contributed by atoms with Crippen LogP contribution in [0, 0.1) is 11.8 Å². The molecule has 0 aliphatic carbocycles. The van der Waals surface area contributed by atoms with E-state index in [9.17, 15) is 4.79 Å². The van der Waals surface area contributed by atoms with Gasteiger partial charge in [-0.2, -0.15) is 0 Å². The van der Waals surface area contributed by atoms with Gasteiger partial charge in [-0.05, 0) is 41.9 Å². The molecule has 3 nitrogen and oxygen atoms in total. The zero-order valence-corrected chi connectivity index (χ0v) is 13.6.